The Morgan fingerprint density at radius 1 is 1.19 bits per heavy atom. The van der Waals surface area contributed by atoms with Gasteiger partial charge < -0.3 is 14.5 Å². The molecule has 0 N–H and O–H groups in total. The zero-order chi connectivity index (χ0) is 26.1. The molecular formula is C26H27F2N7O2. The Balaban J connectivity index is 1.41. The number of nitriles is 1. The molecule has 9 nitrogen and oxygen atoms in total. The number of benzene rings is 1. The summed E-state index contributed by atoms with van der Waals surface area (Å²) in [4.78, 5) is 25.8. The van der Waals surface area contributed by atoms with Crippen molar-refractivity contribution in [1.29, 1.82) is 5.26 Å². The van der Waals surface area contributed by atoms with Gasteiger partial charge in [0.05, 0.1) is 30.2 Å². The number of nitrogens with zero attached hydrogens (tertiary/aromatic N) is 7. The van der Waals surface area contributed by atoms with Crippen molar-refractivity contribution in [2.45, 2.75) is 51.8 Å². The largest absolute Gasteiger partial charge is 0.487 e. The number of ether oxygens (including phenoxy) is 1. The van der Waals surface area contributed by atoms with Gasteiger partial charge >= 0.3 is 0 Å². The lowest BCUT2D eigenvalue weighted by atomic mass is 10.1. The van der Waals surface area contributed by atoms with Crippen LogP contribution in [0.1, 0.15) is 44.1 Å². The third-order valence-electron chi connectivity index (χ3n) is 6.82. The lowest BCUT2D eigenvalue weighted by Crippen LogP contribution is -2.40. The second-order valence-electron chi connectivity index (χ2n) is 9.37. The predicted molar refractivity (Wildman–Crippen MR) is 131 cm³/mol. The monoisotopic (exact) mass is 507 g/mol. The lowest BCUT2D eigenvalue weighted by molar-refractivity contribution is -0.129. The van der Waals surface area contributed by atoms with Crippen molar-refractivity contribution in [3.63, 3.8) is 0 Å². The second kappa shape index (κ2) is 10.1. The lowest BCUT2D eigenvalue weighted by Gasteiger charge is -2.35. The van der Waals surface area contributed by atoms with E-state index in [0.29, 0.717) is 57.0 Å². The molecule has 0 bridgehead atoms. The molecular weight excluding hydrogens is 480 g/mol. The smallest absolute Gasteiger partial charge is 0.219 e. The van der Waals surface area contributed by atoms with Crippen LogP contribution in [0.4, 0.5) is 14.6 Å². The van der Waals surface area contributed by atoms with Gasteiger partial charge in [-0.05, 0) is 19.1 Å². The average Bonchev–Trinajstić information content (AvgIpc) is 3.39. The third kappa shape index (κ3) is 5.09. The molecule has 0 spiro atoms. The number of hydrogen-bond acceptors (Lipinski definition) is 7. The Hall–Kier alpha value is -4.07. The second-order valence-corrected chi connectivity index (χ2v) is 9.37. The molecule has 37 heavy (non-hydrogen) atoms. The van der Waals surface area contributed by atoms with E-state index < -0.39 is 17.7 Å². The van der Waals surface area contributed by atoms with Crippen LogP contribution in [0, 0.1) is 23.0 Å². The summed E-state index contributed by atoms with van der Waals surface area (Å²) in [6, 6.07) is 5.05. The quantitative estimate of drug-likeness (QED) is 0.520. The molecule has 0 aliphatic carbocycles. The van der Waals surface area contributed by atoms with Crippen LogP contribution in [-0.4, -0.2) is 56.3 Å². The van der Waals surface area contributed by atoms with E-state index in [1.54, 1.807) is 35.8 Å². The van der Waals surface area contributed by atoms with Gasteiger partial charge in [-0.3, -0.25) is 9.48 Å². The van der Waals surface area contributed by atoms with E-state index >= 15 is 0 Å². The molecule has 4 heterocycles. The van der Waals surface area contributed by atoms with E-state index in [4.69, 9.17) is 14.7 Å². The Kier molecular flexibility index (Phi) is 6.74. The summed E-state index contributed by atoms with van der Waals surface area (Å²) in [6.07, 6.45) is 5.10. The topological polar surface area (TPSA) is 100 Å². The maximum absolute atomic E-state index is 14.1. The van der Waals surface area contributed by atoms with Crippen LogP contribution in [0.3, 0.4) is 0 Å². The minimum absolute atomic E-state index is 0.00611. The molecule has 0 saturated carbocycles. The highest BCUT2D eigenvalue weighted by Crippen LogP contribution is 2.33. The zero-order valence-electron chi connectivity index (χ0n) is 20.7. The average molecular weight is 508 g/mol. The van der Waals surface area contributed by atoms with Crippen LogP contribution >= 0.6 is 0 Å². The number of amides is 1. The van der Waals surface area contributed by atoms with Gasteiger partial charge in [0.25, 0.3) is 0 Å². The van der Waals surface area contributed by atoms with Crippen LogP contribution in [0.5, 0.6) is 5.75 Å². The molecule has 1 aromatic carbocycles. The molecule has 1 fully saturated rings. The minimum atomic E-state index is -0.714. The van der Waals surface area contributed by atoms with Gasteiger partial charge in [-0.1, -0.05) is 0 Å². The number of hydrogen-bond donors (Lipinski definition) is 0. The van der Waals surface area contributed by atoms with Crippen LogP contribution in [0.25, 0.3) is 11.3 Å². The first-order valence-electron chi connectivity index (χ1n) is 12.3. The van der Waals surface area contributed by atoms with Crippen LogP contribution in [-0.2, 0) is 17.8 Å². The Morgan fingerprint density at radius 2 is 1.97 bits per heavy atom. The molecule has 3 aromatic rings. The number of fused-ring (bicyclic) bond motifs is 1. The fourth-order valence-corrected chi connectivity index (χ4v) is 4.67. The van der Waals surface area contributed by atoms with Gasteiger partial charge in [0, 0.05) is 63.6 Å². The normalized spacial score (nSPS) is 16.7. The number of anilines is 1. The van der Waals surface area contributed by atoms with E-state index in [9.17, 15) is 18.8 Å². The number of rotatable bonds is 5. The first kappa shape index (κ1) is 24.6. The SMILES string of the molecule is CC(=O)N1CCc2nc(N3CCC(Oc4ccc(F)cc4F)CC3)c(-c3cnn([C@@H](C)C#N)c3)nc2C1. The molecule has 0 radical (unpaired) electrons. The van der Waals surface area contributed by atoms with Gasteiger partial charge in [0.1, 0.15) is 23.7 Å². The molecule has 2 aromatic heterocycles. The maximum atomic E-state index is 14.1. The van der Waals surface area contributed by atoms with E-state index in [0.717, 1.165) is 23.0 Å². The molecule has 1 atom stereocenters. The summed E-state index contributed by atoms with van der Waals surface area (Å²) >= 11 is 0. The standard InChI is InChI=1S/C26H27F2N7O2/c1-16(12-29)35-14-18(13-30-35)25-26(32-22-7-10-34(17(2)36)15-23(22)31-25)33-8-5-20(6-9-33)37-24-4-3-19(27)11-21(24)28/h3-4,11,13-14,16,20H,5-10,15H2,1-2H3/t16-/m0/s1. The molecule has 0 unspecified atom stereocenters. The van der Waals surface area contributed by atoms with E-state index in [2.05, 4.69) is 16.1 Å². The first-order valence-corrected chi connectivity index (χ1v) is 12.3. The number of carbonyl (C=O) groups is 1. The van der Waals surface area contributed by atoms with Crippen LogP contribution in [0.15, 0.2) is 30.6 Å². The van der Waals surface area contributed by atoms with Crippen LogP contribution < -0.4 is 9.64 Å². The van der Waals surface area contributed by atoms with E-state index in [1.807, 2.05) is 0 Å². The third-order valence-corrected chi connectivity index (χ3v) is 6.82. The summed E-state index contributed by atoms with van der Waals surface area (Å²) in [7, 11) is 0. The summed E-state index contributed by atoms with van der Waals surface area (Å²) in [5.41, 5.74) is 3.00. The first-order chi connectivity index (χ1) is 17.8. The molecule has 2 aliphatic heterocycles. The molecule has 1 amide bonds. The molecule has 192 valence electrons. The highest BCUT2D eigenvalue weighted by Gasteiger charge is 2.29. The van der Waals surface area contributed by atoms with Crippen molar-refractivity contribution in [1.82, 2.24) is 24.6 Å². The van der Waals surface area contributed by atoms with Gasteiger partial charge in [0.2, 0.25) is 5.91 Å². The van der Waals surface area contributed by atoms with Crippen molar-refractivity contribution < 1.29 is 18.3 Å². The summed E-state index contributed by atoms with van der Waals surface area (Å²) in [5, 5.41) is 13.6. The number of aromatic nitrogens is 4. The molecule has 5 rings (SSSR count). The fraction of sp³-hybridized carbons (Fsp3) is 0.423. The van der Waals surface area contributed by atoms with Gasteiger partial charge in [-0.15, -0.1) is 0 Å². The molecule has 2 aliphatic rings. The fourth-order valence-electron chi connectivity index (χ4n) is 4.67. The van der Waals surface area contributed by atoms with Crippen molar-refractivity contribution in [3.8, 4) is 23.1 Å². The van der Waals surface area contributed by atoms with Crippen molar-refractivity contribution in [2.75, 3.05) is 24.5 Å². The molecule has 1 saturated heterocycles. The van der Waals surface area contributed by atoms with Gasteiger partial charge in [-0.2, -0.15) is 10.4 Å². The van der Waals surface area contributed by atoms with Gasteiger partial charge in [-0.25, -0.2) is 18.7 Å². The van der Waals surface area contributed by atoms with Crippen molar-refractivity contribution >= 4 is 11.7 Å². The van der Waals surface area contributed by atoms with E-state index in [-0.39, 0.29) is 17.8 Å². The number of halogens is 2. The highest BCUT2D eigenvalue weighted by atomic mass is 19.1. The van der Waals surface area contributed by atoms with Crippen molar-refractivity contribution in [3.05, 3.63) is 53.6 Å². The Bertz CT molecular complexity index is 1360. The minimum Gasteiger partial charge on any atom is -0.487 e. The number of piperidine rings is 1. The summed E-state index contributed by atoms with van der Waals surface area (Å²) in [6.45, 7) is 5.51. The van der Waals surface area contributed by atoms with Gasteiger partial charge in [0.15, 0.2) is 17.4 Å². The maximum Gasteiger partial charge on any atom is 0.219 e. The van der Waals surface area contributed by atoms with E-state index in [1.165, 1.54) is 12.1 Å². The summed E-state index contributed by atoms with van der Waals surface area (Å²) in [5.74, 6) is -0.604. The molecule has 11 heteroatoms. The highest BCUT2D eigenvalue weighted by molar-refractivity contribution is 5.74. The Morgan fingerprint density at radius 3 is 2.68 bits per heavy atom. The zero-order valence-corrected chi connectivity index (χ0v) is 20.7. The van der Waals surface area contributed by atoms with Crippen LogP contribution in [0.2, 0.25) is 0 Å². The summed E-state index contributed by atoms with van der Waals surface area (Å²) < 4.78 is 34.7. The Labute approximate surface area is 213 Å². The number of carbonyl (C=O) groups excluding carboxylic acids is 1. The predicted octanol–water partition coefficient (Wildman–Crippen LogP) is 3.66. The van der Waals surface area contributed by atoms with Crippen molar-refractivity contribution in [2.24, 2.45) is 0 Å².